The number of nitrogens with one attached hydrogen (secondary N) is 1. The van der Waals surface area contributed by atoms with E-state index in [4.69, 9.17) is 0 Å². The van der Waals surface area contributed by atoms with Crippen LogP contribution in [0, 0.1) is 11.6 Å². The van der Waals surface area contributed by atoms with Crippen molar-refractivity contribution in [3.05, 3.63) is 76.1 Å². The Kier molecular flexibility index (Phi) is 5.82. The SMILES string of the molecule is O=C(Nc1ccc(N2CCN(Cc3ccsc3)CC2)nc1)c1ccc(F)cc1F. The van der Waals surface area contributed by atoms with Crippen LogP contribution in [0.25, 0.3) is 0 Å². The number of thiophene rings is 1. The minimum absolute atomic E-state index is 0.211. The number of carbonyl (C=O) groups is 1. The molecule has 1 fully saturated rings. The summed E-state index contributed by atoms with van der Waals surface area (Å²) < 4.78 is 26.7. The molecule has 1 saturated heterocycles. The number of rotatable bonds is 5. The molecule has 0 unspecified atom stereocenters. The number of hydrogen-bond donors (Lipinski definition) is 1. The Balaban J connectivity index is 1.33. The number of nitrogens with zero attached hydrogens (tertiary/aromatic N) is 3. The normalized spacial score (nSPS) is 14.8. The Morgan fingerprint density at radius 2 is 1.93 bits per heavy atom. The molecule has 0 spiro atoms. The van der Waals surface area contributed by atoms with Crippen molar-refractivity contribution in [2.24, 2.45) is 0 Å². The van der Waals surface area contributed by atoms with E-state index in [-0.39, 0.29) is 5.56 Å². The zero-order valence-electron chi connectivity index (χ0n) is 15.6. The summed E-state index contributed by atoms with van der Waals surface area (Å²) in [5.41, 5.74) is 1.59. The molecule has 1 aliphatic heterocycles. The first-order chi connectivity index (χ1) is 14.1. The van der Waals surface area contributed by atoms with Gasteiger partial charge in [-0.1, -0.05) is 0 Å². The molecule has 0 aliphatic carbocycles. The van der Waals surface area contributed by atoms with Crippen molar-refractivity contribution in [2.75, 3.05) is 36.4 Å². The summed E-state index contributed by atoms with van der Waals surface area (Å²) in [4.78, 5) is 21.2. The predicted octanol–water partition coefficient (Wildman–Crippen LogP) is 4.00. The fourth-order valence-corrected chi connectivity index (χ4v) is 3.95. The van der Waals surface area contributed by atoms with Crippen molar-refractivity contribution in [2.45, 2.75) is 6.54 Å². The molecule has 5 nitrogen and oxygen atoms in total. The van der Waals surface area contributed by atoms with Crippen LogP contribution >= 0.6 is 11.3 Å². The van der Waals surface area contributed by atoms with Crippen LogP contribution in [0.15, 0.2) is 53.4 Å². The first kappa shape index (κ1) is 19.5. The number of hydrogen-bond acceptors (Lipinski definition) is 5. The highest BCUT2D eigenvalue weighted by molar-refractivity contribution is 7.07. The second-order valence-electron chi connectivity index (χ2n) is 6.88. The molecule has 1 aromatic carbocycles. The third-order valence-electron chi connectivity index (χ3n) is 4.86. The van der Waals surface area contributed by atoms with Crippen LogP contribution in [0.1, 0.15) is 15.9 Å². The van der Waals surface area contributed by atoms with E-state index in [0.717, 1.165) is 50.7 Å². The topological polar surface area (TPSA) is 48.5 Å². The van der Waals surface area contributed by atoms with Gasteiger partial charge < -0.3 is 10.2 Å². The van der Waals surface area contributed by atoms with Gasteiger partial charge in [0.25, 0.3) is 5.91 Å². The summed E-state index contributed by atoms with van der Waals surface area (Å²) in [5, 5.41) is 6.87. The van der Waals surface area contributed by atoms with Crippen LogP contribution in [-0.4, -0.2) is 42.0 Å². The number of carbonyl (C=O) groups excluding carboxylic acids is 1. The second kappa shape index (κ2) is 8.67. The molecular weight excluding hydrogens is 394 g/mol. The van der Waals surface area contributed by atoms with Crippen molar-refractivity contribution >= 4 is 28.7 Å². The fraction of sp³-hybridized carbons (Fsp3) is 0.238. The lowest BCUT2D eigenvalue weighted by Crippen LogP contribution is -2.46. The summed E-state index contributed by atoms with van der Waals surface area (Å²) in [6.07, 6.45) is 1.55. The summed E-state index contributed by atoms with van der Waals surface area (Å²) >= 11 is 1.72. The van der Waals surface area contributed by atoms with E-state index < -0.39 is 17.5 Å². The van der Waals surface area contributed by atoms with Gasteiger partial charge in [0.2, 0.25) is 0 Å². The van der Waals surface area contributed by atoms with Crippen LogP contribution in [-0.2, 0) is 6.54 Å². The van der Waals surface area contributed by atoms with Crippen LogP contribution in [0.2, 0.25) is 0 Å². The van der Waals surface area contributed by atoms with Gasteiger partial charge in [0.15, 0.2) is 0 Å². The Hall–Kier alpha value is -2.84. The Labute approximate surface area is 171 Å². The number of pyridine rings is 1. The average molecular weight is 414 g/mol. The lowest BCUT2D eigenvalue weighted by atomic mass is 10.2. The van der Waals surface area contributed by atoms with Crippen molar-refractivity contribution < 1.29 is 13.6 Å². The van der Waals surface area contributed by atoms with Crippen molar-refractivity contribution in [1.82, 2.24) is 9.88 Å². The Morgan fingerprint density at radius 3 is 2.59 bits per heavy atom. The molecule has 3 heterocycles. The van der Waals surface area contributed by atoms with Gasteiger partial charge in [-0.15, -0.1) is 0 Å². The van der Waals surface area contributed by atoms with Crippen LogP contribution in [0.4, 0.5) is 20.3 Å². The third kappa shape index (κ3) is 4.78. The highest BCUT2D eigenvalue weighted by Crippen LogP contribution is 2.19. The van der Waals surface area contributed by atoms with E-state index in [1.54, 1.807) is 23.6 Å². The maximum Gasteiger partial charge on any atom is 0.258 e. The zero-order valence-corrected chi connectivity index (χ0v) is 16.5. The van der Waals surface area contributed by atoms with Crippen LogP contribution in [0.5, 0.6) is 0 Å². The summed E-state index contributed by atoms with van der Waals surface area (Å²) in [6.45, 7) is 4.64. The smallest absolute Gasteiger partial charge is 0.258 e. The molecule has 3 aromatic rings. The summed E-state index contributed by atoms with van der Waals surface area (Å²) in [6, 6.07) is 8.59. The van der Waals surface area contributed by atoms with E-state index >= 15 is 0 Å². The number of anilines is 2. The molecule has 0 bridgehead atoms. The number of benzene rings is 1. The first-order valence-electron chi connectivity index (χ1n) is 9.29. The number of halogens is 2. The van der Waals surface area contributed by atoms with E-state index in [1.807, 2.05) is 6.07 Å². The molecule has 4 rings (SSSR count). The minimum atomic E-state index is -0.896. The molecular formula is C21H20F2N4OS. The number of piperazine rings is 1. The van der Waals surface area contributed by atoms with Crippen LogP contribution in [0.3, 0.4) is 0 Å². The van der Waals surface area contributed by atoms with Crippen molar-refractivity contribution in [3.8, 4) is 0 Å². The van der Waals surface area contributed by atoms with E-state index in [2.05, 4.69) is 36.9 Å². The summed E-state index contributed by atoms with van der Waals surface area (Å²) in [5.74, 6) is -1.42. The van der Waals surface area contributed by atoms with Gasteiger partial charge in [-0.25, -0.2) is 13.8 Å². The maximum absolute atomic E-state index is 13.7. The maximum atomic E-state index is 13.7. The van der Waals surface area contributed by atoms with E-state index in [1.165, 1.54) is 5.56 Å². The molecule has 0 saturated carbocycles. The highest BCUT2D eigenvalue weighted by atomic mass is 32.1. The minimum Gasteiger partial charge on any atom is -0.354 e. The van der Waals surface area contributed by atoms with Crippen molar-refractivity contribution in [1.29, 1.82) is 0 Å². The molecule has 29 heavy (non-hydrogen) atoms. The predicted molar refractivity (Wildman–Crippen MR) is 110 cm³/mol. The molecule has 1 aliphatic rings. The van der Waals surface area contributed by atoms with Gasteiger partial charge in [-0.3, -0.25) is 9.69 Å². The van der Waals surface area contributed by atoms with Gasteiger partial charge in [0.05, 0.1) is 17.4 Å². The number of amides is 1. The van der Waals surface area contributed by atoms with Gasteiger partial charge in [0.1, 0.15) is 17.5 Å². The quantitative estimate of drug-likeness (QED) is 0.686. The van der Waals surface area contributed by atoms with Gasteiger partial charge in [-0.05, 0) is 46.7 Å². The molecule has 150 valence electrons. The molecule has 2 aromatic heterocycles. The highest BCUT2D eigenvalue weighted by Gasteiger charge is 2.18. The van der Waals surface area contributed by atoms with Crippen molar-refractivity contribution in [3.63, 3.8) is 0 Å². The molecule has 0 radical (unpaired) electrons. The molecule has 1 N–H and O–H groups in total. The van der Waals surface area contributed by atoms with Crippen LogP contribution < -0.4 is 10.2 Å². The van der Waals surface area contributed by atoms with E-state index in [0.29, 0.717) is 11.8 Å². The monoisotopic (exact) mass is 414 g/mol. The standard InChI is InChI=1S/C21H20F2N4OS/c22-16-1-3-18(19(23)11-16)21(28)25-17-2-4-20(24-12-17)27-8-6-26(7-9-27)13-15-5-10-29-14-15/h1-5,10-12,14H,6-9,13H2,(H,25,28). The fourth-order valence-electron chi connectivity index (χ4n) is 3.30. The van der Waals surface area contributed by atoms with Gasteiger partial charge in [-0.2, -0.15) is 11.3 Å². The van der Waals surface area contributed by atoms with E-state index in [9.17, 15) is 13.6 Å². The third-order valence-corrected chi connectivity index (χ3v) is 5.60. The molecule has 8 heteroatoms. The van der Waals surface area contributed by atoms with Gasteiger partial charge in [0, 0.05) is 38.8 Å². The lowest BCUT2D eigenvalue weighted by molar-refractivity contribution is 0.102. The number of aromatic nitrogens is 1. The largest absolute Gasteiger partial charge is 0.354 e. The second-order valence-corrected chi connectivity index (χ2v) is 7.66. The lowest BCUT2D eigenvalue weighted by Gasteiger charge is -2.35. The van der Waals surface area contributed by atoms with Gasteiger partial charge >= 0.3 is 0 Å². The zero-order chi connectivity index (χ0) is 20.2. The summed E-state index contributed by atoms with van der Waals surface area (Å²) in [7, 11) is 0. The Bertz CT molecular complexity index is 971. The first-order valence-corrected chi connectivity index (χ1v) is 10.2. The Morgan fingerprint density at radius 1 is 1.10 bits per heavy atom. The molecule has 0 atom stereocenters. The molecule has 1 amide bonds. The average Bonchev–Trinajstić information content (AvgIpc) is 3.22.